The number of carbonyl (C=O) groups is 1. The van der Waals surface area contributed by atoms with Crippen LogP contribution in [-0.2, 0) is 4.79 Å². The van der Waals surface area contributed by atoms with Crippen LogP contribution in [0.4, 0.5) is 11.4 Å². The topological polar surface area (TPSA) is 44.4 Å². The molecule has 4 nitrogen and oxygen atoms in total. The highest BCUT2D eigenvalue weighted by Gasteiger charge is 2.30. The molecule has 1 heterocycles. The van der Waals surface area contributed by atoms with Gasteiger partial charge in [0.05, 0.1) is 5.69 Å². The molecule has 1 aromatic carbocycles. The lowest BCUT2D eigenvalue weighted by Gasteiger charge is -2.21. The molecule has 1 aliphatic heterocycles. The van der Waals surface area contributed by atoms with Gasteiger partial charge in [0.2, 0.25) is 5.91 Å². The molecule has 1 unspecified atom stereocenters. The Bertz CT molecular complexity index is 509. The molecule has 1 aliphatic rings. The molecule has 6 heteroatoms. The quantitative estimate of drug-likeness (QED) is 0.821. The normalized spacial score (nSPS) is 17.0. The Hall–Kier alpha value is -0.720. The number of rotatable bonds is 6. The van der Waals surface area contributed by atoms with Crippen molar-refractivity contribution >= 4 is 45.0 Å². The summed E-state index contributed by atoms with van der Waals surface area (Å²) in [5.74, 6) is 1.10. The van der Waals surface area contributed by atoms with Crippen molar-refractivity contribution in [3.63, 3.8) is 0 Å². The highest BCUT2D eigenvalue weighted by atomic mass is 79.9. The van der Waals surface area contributed by atoms with Gasteiger partial charge in [0.25, 0.3) is 0 Å². The lowest BCUT2D eigenvalue weighted by Crippen LogP contribution is -2.27. The molecular weight excluding hydrogens is 338 g/mol. The number of amides is 1. The largest absolute Gasteiger partial charge is 0.373 e. The molecule has 0 spiro atoms. The fraction of sp³-hybridized carbons (Fsp3) is 0.500. The lowest BCUT2D eigenvalue weighted by molar-refractivity contribution is -0.117. The van der Waals surface area contributed by atoms with E-state index in [0.717, 1.165) is 40.3 Å². The number of carbonyl (C=O) groups excluding carboxylic acids is 1. The summed E-state index contributed by atoms with van der Waals surface area (Å²) < 4.78 is 1.03. The van der Waals surface area contributed by atoms with Crippen LogP contribution in [0.3, 0.4) is 0 Å². The van der Waals surface area contributed by atoms with E-state index >= 15 is 0 Å². The van der Waals surface area contributed by atoms with E-state index in [1.165, 1.54) is 0 Å². The molecule has 20 heavy (non-hydrogen) atoms. The molecule has 0 aromatic heterocycles. The minimum absolute atomic E-state index is 0.0256. The van der Waals surface area contributed by atoms with Crippen LogP contribution in [0, 0.1) is 0 Å². The van der Waals surface area contributed by atoms with Crippen LogP contribution in [0.1, 0.15) is 18.5 Å². The van der Waals surface area contributed by atoms with Gasteiger partial charge in [0.1, 0.15) is 6.04 Å². The van der Waals surface area contributed by atoms with Crippen LogP contribution in [0.2, 0.25) is 0 Å². The predicted molar refractivity (Wildman–Crippen MR) is 90.8 cm³/mol. The van der Waals surface area contributed by atoms with Crippen molar-refractivity contribution in [1.29, 1.82) is 0 Å². The Morgan fingerprint density at radius 2 is 2.25 bits per heavy atom. The number of hydrogen-bond donors (Lipinski definition) is 2. The summed E-state index contributed by atoms with van der Waals surface area (Å²) >= 11 is 5.45. The third-order valence-corrected chi connectivity index (χ3v) is 4.63. The van der Waals surface area contributed by atoms with E-state index in [4.69, 9.17) is 0 Å². The molecule has 1 aromatic rings. The molecule has 110 valence electrons. The van der Waals surface area contributed by atoms with Gasteiger partial charge in [0.15, 0.2) is 0 Å². The van der Waals surface area contributed by atoms with Crippen molar-refractivity contribution in [1.82, 2.24) is 5.32 Å². The van der Waals surface area contributed by atoms with Gasteiger partial charge in [-0.05, 0) is 40.9 Å². The van der Waals surface area contributed by atoms with Gasteiger partial charge in [-0.2, -0.15) is 11.8 Å². The fourth-order valence-corrected chi connectivity index (χ4v) is 3.44. The Morgan fingerprint density at radius 3 is 2.90 bits per heavy atom. The summed E-state index contributed by atoms with van der Waals surface area (Å²) in [6, 6.07) is 3.86. The van der Waals surface area contributed by atoms with E-state index in [9.17, 15) is 4.79 Å². The number of halogens is 1. The van der Waals surface area contributed by atoms with E-state index in [1.807, 2.05) is 24.8 Å². The van der Waals surface area contributed by atoms with E-state index in [1.54, 1.807) is 0 Å². The number of hydrogen-bond acceptors (Lipinski definition) is 4. The number of nitrogens with zero attached hydrogens (tertiary/aromatic N) is 1. The van der Waals surface area contributed by atoms with Crippen molar-refractivity contribution in [3.8, 4) is 0 Å². The second-order valence-corrected chi connectivity index (χ2v) is 6.63. The maximum atomic E-state index is 12.0. The van der Waals surface area contributed by atoms with Gasteiger partial charge < -0.3 is 15.5 Å². The summed E-state index contributed by atoms with van der Waals surface area (Å²) in [6.07, 6.45) is 2.10. The van der Waals surface area contributed by atoms with Gasteiger partial charge in [0, 0.05) is 35.1 Å². The standard InChI is InChI=1S/C14H20BrN3OS/c1-4-16-13-9-7-10(15)12(18(2)5-6-20-3)8-11(9)17-14(13)19/h7-8,13,16H,4-6H2,1-3H3,(H,17,19). The fourth-order valence-electron chi connectivity index (χ4n) is 2.32. The van der Waals surface area contributed by atoms with Gasteiger partial charge in [-0.3, -0.25) is 4.79 Å². The van der Waals surface area contributed by atoms with Crippen LogP contribution in [0.25, 0.3) is 0 Å². The first-order valence-electron chi connectivity index (χ1n) is 6.66. The first-order valence-corrected chi connectivity index (χ1v) is 8.85. The van der Waals surface area contributed by atoms with Crippen molar-refractivity contribution < 1.29 is 4.79 Å². The molecule has 1 atom stereocenters. The highest BCUT2D eigenvalue weighted by Crippen LogP contribution is 2.38. The van der Waals surface area contributed by atoms with Crippen LogP contribution in [-0.4, -0.2) is 38.1 Å². The van der Waals surface area contributed by atoms with E-state index in [0.29, 0.717) is 0 Å². The van der Waals surface area contributed by atoms with Crippen molar-refractivity contribution in [3.05, 3.63) is 22.2 Å². The summed E-state index contributed by atoms with van der Waals surface area (Å²) in [7, 11) is 2.07. The van der Waals surface area contributed by atoms with Crippen LogP contribution >= 0.6 is 27.7 Å². The van der Waals surface area contributed by atoms with Crippen LogP contribution in [0.5, 0.6) is 0 Å². The minimum Gasteiger partial charge on any atom is -0.373 e. The summed E-state index contributed by atoms with van der Waals surface area (Å²) in [5.41, 5.74) is 3.04. The first kappa shape index (κ1) is 15.7. The van der Waals surface area contributed by atoms with Crippen LogP contribution < -0.4 is 15.5 Å². The highest BCUT2D eigenvalue weighted by molar-refractivity contribution is 9.10. The molecule has 2 N–H and O–H groups in total. The monoisotopic (exact) mass is 357 g/mol. The van der Waals surface area contributed by atoms with Gasteiger partial charge >= 0.3 is 0 Å². The smallest absolute Gasteiger partial charge is 0.246 e. The molecule has 0 bridgehead atoms. The first-order chi connectivity index (χ1) is 9.58. The Kier molecular flexibility index (Phi) is 5.35. The summed E-state index contributed by atoms with van der Waals surface area (Å²) in [4.78, 5) is 14.2. The van der Waals surface area contributed by atoms with Gasteiger partial charge in [-0.25, -0.2) is 0 Å². The maximum absolute atomic E-state index is 12.0. The average Bonchev–Trinajstić information content (AvgIpc) is 2.72. The van der Waals surface area contributed by atoms with Gasteiger partial charge in [-0.1, -0.05) is 6.92 Å². The number of fused-ring (bicyclic) bond motifs is 1. The van der Waals surface area contributed by atoms with E-state index in [-0.39, 0.29) is 11.9 Å². The second kappa shape index (κ2) is 6.83. The third kappa shape index (κ3) is 3.13. The molecule has 1 amide bonds. The molecule has 0 fully saturated rings. The van der Waals surface area contributed by atoms with Gasteiger partial charge in [-0.15, -0.1) is 0 Å². The number of likely N-dealkylation sites (N-methyl/N-ethyl adjacent to an activating group) is 1. The molecule has 2 rings (SSSR count). The Morgan fingerprint density at radius 1 is 1.50 bits per heavy atom. The molecule has 0 aliphatic carbocycles. The van der Waals surface area contributed by atoms with Crippen molar-refractivity contribution in [2.24, 2.45) is 0 Å². The number of nitrogens with one attached hydrogen (secondary N) is 2. The molecular formula is C14H20BrN3OS. The van der Waals surface area contributed by atoms with Crippen molar-refractivity contribution in [2.75, 3.05) is 42.4 Å². The SMILES string of the molecule is CCNC1C(=O)Nc2cc(N(C)CCSC)c(Br)cc21. The zero-order valence-electron chi connectivity index (χ0n) is 12.0. The lowest BCUT2D eigenvalue weighted by atomic mass is 10.1. The number of thioether (sulfide) groups is 1. The predicted octanol–water partition coefficient (Wildman–Crippen LogP) is 2.85. The van der Waals surface area contributed by atoms with E-state index < -0.39 is 0 Å². The molecule has 0 radical (unpaired) electrons. The average molecular weight is 358 g/mol. The molecule has 0 saturated heterocycles. The van der Waals surface area contributed by atoms with E-state index in [2.05, 4.69) is 50.8 Å². The number of anilines is 2. The zero-order chi connectivity index (χ0) is 14.7. The maximum Gasteiger partial charge on any atom is 0.246 e. The summed E-state index contributed by atoms with van der Waals surface area (Å²) in [6.45, 7) is 3.75. The van der Waals surface area contributed by atoms with Crippen molar-refractivity contribution in [2.45, 2.75) is 13.0 Å². The Labute approximate surface area is 132 Å². The Balaban J connectivity index is 2.28. The molecule has 0 saturated carbocycles. The second-order valence-electron chi connectivity index (χ2n) is 4.79. The number of benzene rings is 1. The summed E-state index contributed by atoms with van der Waals surface area (Å²) in [5, 5.41) is 6.17. The third-order valence-electron chi connectivity index (χ3n) is 3.40. The zero-order valence-corrected chi connectivity index (χ0v) is 14.4. The van der Waals surface area contributed by atoms with Crippen LogP contribution in [0.15, 0.2) is 16.6 Å². The minimum atomic E-state index is -0.239.